The van der Waals surface area contributed by atoms with Crippen molar-refractivity contribution in [3.8, 4) is 5.75 Å². The largest absolute Gasteiger partial charge is 0.491 e. The van der Waals surface area contributed by atoms with E-state index in [-0.39, 0.29) is 18.9 Å². The molecule has 0 bridgehead atoms. The lowest BCUT2D eigenvalue weighted by Crippen LogP contribution is -2.27. The van der Waals surface area contributed by atoms with Gasteiger partial charge in [-0.2, -0.15) is 0 Å². The van der Waals surface area contributed by atoms with Gasteiger partial charge < -0.3 is 15.0 Å². The third kappa shape index (κ3) is 3.99. The van der Waals surface area contributed by atoms with Crippen molar-refractivity contribution in [2.75, 3.05) is 20.3 Å². The van der Waals surface area contributed by atoms with Crippen LogP contribution in [-0.2, 0) is 4.79 Å². The predicted octanol–water partition coefficient (Wildman–Crippen LogP) is 4.12. The van der Waals surface area contributed by atoms with Crippen LogP contribution in [0, 0.1) is 0 Å². The van der Waals surface area contributed by atoms with E-state index in [0.29, 0.717) is 17.2 Å². The zero-order valence-corrected chi connectivity index (χ0v) is 15.2. The van der Waals surface area contributed by atoms with E-state index in [4.69, 9.17) is 16.3 Å². The summed E-state index contributed by atoms with van der Waals surface area (Å²) < 4.78 is 17.5. The quantitative estimate of drug-likeness (QED) is 0.814. The van der Waals surface area contributed by atoms with Gasteiger partial charge in [0.25, 0.3) is 0 Å². The summed E-state index contributed by atoms with van der Waals surface area (Å²) in [5.74, 6) is 0.552. The minimum Gasteiger partial charge on any atom is -0.491 e. The second-order valence-electron chi connectivity index (χ2n) is 5.89. The first-order chi connectivity index (χ1) is 12.6. The molecule has 0 aromatic heterocycles. The van der Waals surface area contributed by atoms with Gasteiger partial charge in [-0.15, -0.1) is 0 Å². The van der Waals surface area contributed by atoms with Gasteiger partial charge >= 0.3 is 0 Å². The molecule has 0 saturated carbocycles. The molecule has 1 aromatic carbocycles. The Kier molecular flexibility index (Phi) is 5.78. The molecule has 0 saturated heterocycles. The predicted molar refractivity (Wildman–Crippen MR) is 101 cm³/mol. The van der Waals surface area contributed by atoms with E-state index in [1.165, 1.54) is 0 Å². The van der Waals surface area contributed by atoms with Crippen LogP contribution in [0.1, 0.15) is 18.4 Å². The maximum absolute atomic E-state index is 12.2. The topological polar surface area (TPSA) is 41.6 Å². The number of ether oxygens (including phenoxy) is 1. The molecule has 2 aliphatic heterocycles. The molecular formula is C20H20ClFN2O2. The number of nitrogens with zero attached hydrogens (tertiary/aromatic N) is 1. The maximum atomic E-state index is 12.2. The van der Waals surface area contributed by atoms with Gasteiger partial charge in [-0.1, -0.05) is 29.8 Å². The van der Waals surface area contributed by atoms with Crippen LogP contribution in [-0.4, -0.2) is 31.1 Å². The maximum Gasteiger partial charge on any atom is 0.225 e. The molecule has 136 valence electrons. The van der Waals surface area contributed by atoms with Crippen molar-refractivity contribution in [2.24, 2.45) is 0 Å². The number of carbonyl (C=O) groups is 1. The van der Waals surface area contributed by atoms with Gasteiger partial charge in [-0.3, -0.25) is 4.79 Å². The summed E-state index contributed by atoms with van der Waals surface area (Å²) in [5.41, 5.74) is 3.93. The number of benzene rings is 1. The van der Waals surface area contributed by atoms with Crippen molar-refractivity contribution in [3.63, 3.8) is 0 Å². The number of allylic oxidation sites excluding steroid dienone is 5. The number of hydrogen-bond donors (Lipinski definition) is 1. The van der Waals surface area contributed by atoms with Gasteiger partial charge in [0.2, 0.25) is 5.91 Å². The van der Waals surface area contributed by atoms with Crippen LogP contribution < -0.4 is 10.1 Å². The summed E-state index contributed by atoms with van der Waals surface area (Å²) in [4.78, 5) is 14.0. The first kappa shape index (κ1) is 18.3. The van der Waals surface area contributed by atoms with Crippen LogP contribution in [0.2, 0.25) is 0 Å². The number of nitrogens with one attached hydrogen (secondary N) is 1. The highest BCUT2D eigenvalue weighted by Crippen LogP contribution is 2.37. The molecule has 0 aliphatic carbocycles. The van der Waals surface area contributed by atoms with Gasteiger partial charge in [0.15, 0.2) is 0 Å². The zero-order chi connectivity index (χ0) is 18.5. The number of alkyl halides is 1. The Morgan fingerprint density at radius 1 is 1.31 bits per heavy atom. The summed E-state index contributed by atoms with van der Waals surface area (Å²) >= 11 is 6.17. The molecule has 2 heterocycles. The molecule has 0 spiro atoms. The standard InChI is InChI=1S/C20H20ClFN2O2/c1-23-20(25)12-19-18(9-6-16-5-4-15(21)13-24(16)19)14-2-7-17(8-3-14)26-11-10-22/h2-8,13H,9-12H2,1H3,(H,23,25). The molecule has 2 aliphatic rings. The van der Waals surface area contributed by atoms with Crippen molar-refractivity contribution < 1.29 is 13.9 Å². The van der Waals surface area contributed by atoms with E-state index in [1.54, 1.807) is 7.05 Å². The molecule has 0 radical (unpaired) electrons. The fraction of sp³-hybridized carbons (Fsp3) is 0.250. The lowest BCUT2D eigenvalue weighted by Gasteiger charge is -2.33. The molecular weight excluding hydrogens is 355 g/mol. The Bertz CT molecular complexity index is 810. The number of fused-ring (bicyclic) bond motifs is 1. The molecule has 1 aromatic rings. The average molecular weight is 375 g/mol. The lowest BCUT2D eigenvalue weighted by molar-refractivity contribution is -0.120. The van der Waals surface area contributed by atoms with E-state index in [1.807, 2.05) is 47.5 Å². The Labute approximate surface area is 157 Å². The molecule has 3 rings (SSSR count). The van der Waals surface area contributed by atoms with Crippen molar-refractivity contribution in [1.82, 2.24) is 10.2 Å². The van der Waals surface area contributed by atoms with Crippen LogP contribution >= 0.6 is 11.6 Å². The van der Waals surface area contributed by atoms with Gasteiger partial charge in [0.05, 0.1) is 11.5 Å². The van der Waals surface area contributed by atoms with E-state index >= 15 is 0 Å². The number of rotatable bonds is 6. The molecule has 0 atom stereocenters. The molecule has 1 N–H and O–H groups in total. The number of hydrogen-bond acceptors (Lipinski definition) is 3. The monoisotopic (exact) mass is 374 g/mol. The first-order valence-corrected chi connectivity index (χ1v) is 8.76. The number of carbonyl (C=O) groups excluding carboxylic acids is 1. The van der Waals surface area contributed by atoms with Crippen LogP contribution in [0.3, 0.4) is 0 Å². The molecule has 1 amide bonds. The molecule has 6 heteroatoms. The third-order valence-corrected chi connectivity index (χ3v) is 4.48. The van der Waals surface area contributed by atoms with Gasteiger partial charge in [0.1, 0.15) is 19.0 Å². The summed E-state index contributed by atoms with van der Waals surface area (Å²) in [5, 5.41) is 3.28. The second-order valence-corrected chi connectivity index (χ2v) is 6.32. The zero-order valence-electron chi connectivity index (χ0n) is 14.5. The fourth-order valence-corrected chi connectivity index (χ4v) is 3.14. The molecule has 26 heavy (non-hydrogen) atoms. The summed E-state index contributed by atoms with van der Waals surface area (Å²) in [7, 11) is 1.62. The molecule has 4 nitrogen and oxygen atoms in total. The summed E-state index contributed by atoms with van der Waals surface area (Å²) in [6.45, 7) is -0.480. The Hall–Kier alpha value is -2.53. The second kappa shape index (κ2) is 8.23. The SMILES string of the molecule is CNC(=O)CC1=C(c2ccc(OCCF)cc2)CC=C2C=CC(Cl)=CN21. The van der Waals surface area contributed by atoms with Gasteiger partial charge in [0, 0.05) is 24.6 Å². The third-order valence-electron chi connectivity index (χ3n) is 4.25. The van der Waals surface area contributed by atoms with E-state index in [2.05, 4.69) is 11.4 Å². The lowest BCUT2D eigenvalue weighted by atomic mass is 9.93. The highest BCUT2D eigenvalue weighted by molar-refractivity contribution is 6.31. The average Bonchev–Trinajstić information content (AvgIpc) is 2.67. The highest BCUT2D eigenvalue weighted by atomic mass is 35.5. The summed E-state index contributed by atoms with van der Waals surface area (Å²) in [6.07, 6.45) is 8.66. The van der Waals surface area contributed by atoms with Crippen LogP contribution in [0.4, 0.5) is 4.39 Å². The minimum atomic E-state index is -0.522. The highest BCUT2D eigenvalue weighted by Gasteiger charge is 2.24. The Morgan fingerprint density at radius 2 is 2.08 bits per heavy atom. The van der Waals surface area contributed by atoms with Crippen molar-refractivity contribution in [1.29, 1.82) is 0 Å². The van der Waals surface area contributed by atoms with Crippen molar-refractivity contribution >= 4 is 23.1 Å². The number of amides is 1. The van der Waals surface area contributed by atoms with Crippen LogP contribution in [0.15, 0.2) is 65.1 Å². The Balaban J connectivity index is 1.96. The summed E-state index contributed by atoms with van der Waals surface area (Å²) in [6, 6.07) is 7.48. The normalized spacial score (nSPS) is 16.0. The first-order valence-electron chi connectivity index (χ1n) is 8.39. The van der Waals surface area contributed by atoms with E-state index in [0.717, 1.165) is 22.5 Å². The van der Waals surface area contributed by atoms with Gasteiger partial charge in [-0.25, -0.2) is 4.39 Å². The molecule has 0 unspecified atom stereocenters. The van der Waals surface area contributed by atoms with E-state index < -0.39 is 6.67 Å². The van der Waals surface area contributed by atoms with Gasteiger partial charge in [-0.05, 0) is 41.8 Å². The number of halogens is 2. The minimum absolute atomic E-state index is 0.0411. The van der Waals surface area contributed by atoms with Crippen LogP contribution in [0.5, 0.6) is 5.75 Å². The smallest absolute Gasteiger partial charge is 0.225 e. The van der Waals surface area contributed by atoms with E-state index in [9.17, 15) is 9.18 Å². The Morgan fingerprint density at radius 3 is 2.77 bits per heavy atom. The van der Waals surface area contributed by atoms with Crippen molar-refractivity contribution in [2.45, 2.75) is 12.8 Å². The fourth-order valence-electron chi connectivity index (χ4n) is 2.98. The van der Waals surface area contributed by atoms with Crippen molar-refractivity contribution in [3.05, 3.63) is 70.7 Å². The molecule has 0 fully saturated rings. The van der Waals surface area contributed by atoms with Crippen LogP contribution in [0.25, 0.3) is 5.57 Å².